The molecule has 2 nitrogen and oxygen atoms in total. The lowest BCUT2D eigenvalue weighted by atomic mass is 9.88. The fourth-order valence-electron chi connectivity index (χ4n) is 2.15. The predicted molar refractivity (Wildman–Crippen MR) is 79.6 cm³/mol. The highest BCUT2D eigenvalue weighted by Gasteiger charge is 2.29. The van der Waals surface area contributed by atoms with E-state index in [9.17, 15) is 0 Å². The molecule has 18 heavy (non-hydrogen) atoms. The van der Waals surface area contributed by atoms with Crippen molar-refractivity contribution in [2.24, 2.45) is 11.8 Å². The van der Waals surface area contributed by atoms with E-state index in [2.05, 4.69) is 43.9 Å². The van der Waals surface area contributed by atoms with Crippen molar-refractivity contribution in [3.8, 4) is 5.75 Å². The average molecular weight is 249 g/mol. The van der Waals surface area contributed by atoms with Gasteiger partial charge in [-0.3, -0.25) is 0 Å². The highest BCUT2D eigenvalue weighted by atomic mass is 16.5. The summed E-state index contributed by atoms with van der Waals surface area (Å²) in [7, 11) is 1.74. The Morgan fingerprint density at radius 1 is 1.22 bits per heavy atom. The van der Waals surface area contributed by atoms with Crippen LogP contribution in [0.25, 0.3) is 0 Å². The van der Waals surface area contributed by atoms with Gasteiger partial charge in [-0.15, -0.1) is 0 Å². The molecule has 1 aliphatic rings. The normalized spacial score (nSPS) is 14.9. The van der Waals surface area contributed by atoms with E-state index in [-0.39, 0.29) is 0 Å². The van der Waals surface area contributed by atoms with Gasteiger partial charge in [-0.1, -0.05) is 33.8 Å². The van der Waals surface area contributed by atoms with Crippen LogP contribution in [0.5, 0.6) is 5.75 Å². The molecule has 0 saturated carbocycles. The summed E-state index contributed by atoms with van der Waals surface area (Å²) < 4.78 is 5.35. The van der Waals surface area contributed by atoms with Crippen LogP contribution in [0.4, 0.5) is 5.69 Å². The van der Waals surface area contributed by atoms with E-state index in [4.69, 9.17) is 4.74 Å². The Morgan fingerprint density at radius 2 is 1.83 bits per heavy atom. The summed E-state index contributed by atoms with van der Waals surface area (Å²) in [6, 6.07) is 6.47. The van der Waals surface area contributed by atoms with Crippen molar-refractivity contribution in [2.45, 2.75) is 34.6 Å². The van der Waals surface area contributed by atoms with Gasteiger partial charge in [0.2, 0.25) is 0 Å². The van der Waals surface area contributed by atoms with E-state index >= 15 is 0 Å². The van der Waals surface area contributed by atoms with Crippen molar-refractivity contribution in [2.75, 3.05) is 25.1 Å². The Bertz CT molecular complexity index is 367. The lowest BCUT2D eigenvalue weighted by Crippen LogP contribution is -2.49. The molecule has 0 bridgehead atoms. The predicted octanol–water partition coefficient (Wildman–Crippen LogP) is 4.12. The van der Waals surface area contributed by atoms with Crippen molar-refractivity contribution >= 4 is 5.69 Å². The molecule has 1 aliphatic heterocycles. The third kappa shape index (κ3) is 3.18. The van der Waals surface area contributed by atoms with Crippen LogP contribution in [-0.4, -0.2) is 20.2 Å². The van der Waals surface area contributed by atoms with Crippen molar-refractivity contribution in [1.29, 1.82) is 0 Å². The standard InChI is InChI=1S/C14H21NO.C2H6/c1-10(2)12-8-15(9-12)13-6-5-11(3)14(7-13)16-4;1-2/h5-7,10,12H,8-9H2,1-4H3;1-2H3. The first-order chi connectivity index (χ1) is 8.61. The summed E-state index contributed by atoms with van der Waals surface area (Å²) in [5.74, 6) is 2.64. The van der Waals surface area contributed by atoms with Gasteiger partial charge in [0.05, 0.1) is 7.11 Å². The molecule has 1 heterocycles. The summed E-state index contributed by atoms with van der Waals surface area (Å²) in [6.45, 7) is 13.1. The van der Waals surface area contributed by atoms with Crippen LogP contribution >= 0.6 is 0 Å². The van der Waals surface area contributed by atoms with Gasteiger partial charge in [0, 0.05) is 24.8 Å². The Balaban J connectivity index is 0.000000771. The minimum Gasteiger partial charge on any atom is -0.496 e. The molecule has 102 valence electrons. The molecule has 0 radical (unpaired) electrons. The number of nitrogens with zero attached hydrogens (tertiary/aromatic N) is 1. The third-order valence-electron chi connectivity index (χ3n) is 3.61. The Kier molecular flexibility index (Phi) is 5.52. The minimum atomic E-state index is 0.795. The monoisotopic (exact) mass is 249 g/mol. The number of benzene rings is 1. The molecule has 0 N–H and O–H groups in total. The van der Waals surface area contributed by atoms with Crippen LogP contribution in [-0.2, 0) is 0 Å². The lowest BCUT2D eigenvalue weighted by molar-refractivity contribution is 0.309. The largest absolute Gasteiger partial charge is 0.496 e. The van der Waals surface area contributed by atoms with E-state index in [0.29, 0.717) is 0 Å². The molecule has 0 unspecified atom stereocenters. The number of hydrogen-bond acceptors (Lipinski definition) is 2. The van der Waals surface area contributed by atoms with E-state index in [1.54, 1.807) is 7.11 Å². The van der Waals surface area contributed by atoms with Crippen molar-refractivity contribution in [3.05, 3.63) is 23.8 Å². The molecule has 0 spiro atoms. The molecular formula is C16H27NO. The van der Waals surface area contributed by atoms with Crippen LogP contribution in [0.1, 0.15) is 33.3 Å². The van der Waals surface area contributed by atoms with Gasteiger partial charge < -0.3 is 9.64 Å². The zero-order valence-electron chi connectivity index (χ0n) is 12.7. The average Bonchev–Trinajstić information content (AvgIpc) is 2.31. The molecule has 0 aromatic heterocycles. The second-order valence-electron chi connectivity index (χ2n) is 5.06. The quantitative estimate of drug-likeness (QED) is 0.799. The van der Waals surface area contributed by atoms with Crippen LogP contribution in [0.3, 0.4) is 0 Å². The summed E-state index contributed by atoms with van der Waals surface area (Å²) >= 11 is 0. The topological polar surface area (TPSA) is 12.5 Å². The summed E-state index contributed by atoms with van der Waals surface area (Å²) in [6.07, 6.45) is 0. The first-order valence-corrected chi connectivity index (χ1v) is 7.01. The molecule has 1 fully saturated rings. The first kappa shape index (κ1) is 14.9. The van der Waals surface area contributed by atoms with Crippen LogP contribution in [0.2, 0.25) is 0 Å². The minimum absolute atomic E-state index is 0.795. The van der Waals surface area contributed by atoms with E-state index in [0.717, 1.165) is 17.6 Å². The van der Waals surface area contributed by atoms with Gasteiger partial charge in [0.1, 0.15) is 5.75 Å². The van der Waals surface area contributed by atoms with E-state index < -0.39 is 0 Å². The second kappa shape index (κ2) is 6.67. The van der Waals surface area contributed by atoms with Crippen LogP contribution < -0.4 is 9.64 Å². The highest BCUT2D eigenvalue weighted by Crippen LogP contribution is 2.32. The fourth-order valence-corrected chi connectivity index (χ4v) is 2.15. The van der Waals surface area contributed by atoms with Gasteiger partial charge in [-0.25, -0.2) is 0 Å². The molecule has 0 atom stereocenters. The molecule has 1 aromatic carbocycles. The fraction of sp³-hybridized carbons (Fsp3) is 0.625. The maximum absolute atomic E-state index is 5.35. The van der Waals surface area contributed by atoms with Crippen molar-refractivity contribution in [1.82, 2.24) is 0 Å². The highest BCUT2D eigenvalue weighted by molar-refractivity contribution is 5.55. The second-order valence-corrected chi connectivity index (χ2v) is 5.06. The summed E-state index contributed by atoms with van der Waals surface area (Å²) in [4.78, 5) is 2.42. The number of anilines is 1. The first-order valence-electron chi connectivity index (χ1n) is 7.01. The summed E-state index contributed by atoms with van der Waals surface area (Å²) in [5, 5.41) is 0. The number of hydrogen-bond donors (Lipinski definition) is 0. The van der Waals surface area contributed by atoms with Gasteiger partial charge in [0.15, 0.2) is 0 Å². The smallest absolute Gasteiger partial charge is 0.123 e. The molecule has 0 amide bonds. The molecule has 2 heteroatoms. The number of rotatable bonds is 3. The lowest BCUT2D eigenvalue weighted by Gasteiger charge is -2.43. The number of ether oxygens (including phenoxy) is 1. The van der Waals surface area contributed by atoms with Crippen LogP contribution in [0.15, 0.2) is 18.2 Å². The third-order valence-corrected chi connectivity index (χ3v) is 3.61. The Morgan fingerprint density at radius 3 is 2.33 bits per heavy atom. The van der Waals surface area contributed by atoms with E-state index in [1.807, 2.05) is 13.8 Å². The van der Waals surface area contributed by atoms with Crippen molar-refractivity contribution in [3.63, 3.8) is 0 Å². The number of methoxy groups -OCH3 is 1. The van der Waals surface area contributed by atoms with Gasteiger partial charge in [-0.2, -0.15) is 0 Å². The van der Waals surface area contributed by atoms with Gasteiger partial charge >= 0.3 is 0 Å². The van der Waals surface area contributed by atoms with Gasteiger partial charge in [-0.05, 0) is 30.4 Å². The Labute approximate surface area is 112 Å². The molecule has 1 saturated heterocycles. The zero-order chi connectivity index (χ0) is 13.7. The SMILES string of the molecule is CC.COc1cc(N2CC(C(C)C)C2)ccc1C. The van der Waals surface area contributed by atoms with E-state index in [1.165, 1.54) is 24.3 Å². The molecule has 2 rings (SSSR count). The molecule has 0 aliphatic carbocycles. The molecule has 1 aromatic rings. The zero-order valence-corrected chi connectivity index (χ0v) is 12.7. The summed E-state index contributed by atoms with van der Waals surface area (Å²) in [5.41, 5.74) is 2.49. The van der Waals surface area contributed by atoms with Crippen LogP contribution in [0, 0.1) is 18.8 Å². The number of aryl methyl sites for hydroxylation is 1. The molecular weight excluding hydrogens is 222 g/mol. The maximum Gasteiger partial charge on any atom is 0.123 e. The van der Waals surface area contributed by atoms with Gasteiger partial charge in [0.25, 0.3) is 0 Å². The Hall–Kier alpha value is -1.18. The maximum atomic E-state index is 5.35. The van der Waals surface area contributed by atoms with Crippen molar-refractivity contribution < 1.29 is 4.74 Å².